The Kier molecular flexibility index (Phi) is 3.27. The average Bonchev–Trinajstić information content (AvgIpc) is 2.70. The predicted molar refractivity (Wildman–Crippen MR) is 62.4 cm³/mol. The van der Waals surface area contributed by atoms with E-state index in [-0.39, 0.29) is 5.91 Å². The summed E-state index contributed by atoms with van der Waals surface area (Å²) in [5.41, 5.74) is 1.66. The molecule has 88 valence electrons. The zero-order valence-corrected chi connectivity index (χ0v) is 10.1. The van der Waals surface area contributed by atoms with Gasteiger partial charge in [-0.15, -0.1) is 0 Å². The molecule has 1 amide bonds. The lowest BCUT2D eigenvalue weighted by Gasteiger charge is -2.26. The van der Waals surface area contributed by atoms with Gasteiger partial charge in [-0.3, -0.25) is 9.48 Å². The van der Waals surface area contributed by atoms with E-state index in [9.17, 15) is 4.79 Å². The summed E-state index contributed by atoms with van der Waals surface area (Å²) in [4.78, 5) is 14.2. The van der Waals surface area contributed by atoms with Gasteiger partial charge in [0.2, 0.25) is 0 Å². The smallest absolute Gasteiger partial charge is 0.272 e. The first-order valence-corrected chi connectivity index (χ1v) is 6.06. The van der Waals surface area contributed by atoms with Crippen LogP contribution in [0.5, 0.6) is 0 Å². The summed E-state index contributed by atoms with van der Waals surface area (Å²) in [5.74, 6) is 0.141. The first kappa shape index (κ1) is 11.2. The van der Waals surface area contributed by atoms with Crippen LogP contribution in [0, 0.1) is 6.92 Å². The largest absolute Gasteiger partial charge is 0.337 e. The van der Waals surface area contributed by atoms with E-state index in [0.29, 0.717) is 0 Å². The number of hydrogen-bond donors (Lipinski definition) is 0. The van der Waals surface area contributed by atoms with Crippen molar-refractivity contribution >= 4 is 5.91 Å². The lowest BCUT2D eigenvalue weighted by atomic mass is 10.1. The Morgan fingerprint density at radius 3 is 2.69 bits per heavy atom. The SMILES string of the molecule is CCn1nc(C)cc1C(=O)N1CCCCC1. The standard InChI is InChI=1S/C12H19N3O/c1-3-15-11(9-10(2)13-15)12(16)14-7-5-4-6-8-14/h9H,3-8H2,1-2H3. The van der Waals surface area contributed by atoms with Gasteiger partial charge in [-0.1, -0.05) is 0 Å². The molecule has 1 aromatic rings. The molecule has 0 N–H and O–H groups in total. The highest BCUT2D eigenvalue weighted by Crippen LogP contribution is 2.14. The minimum atomic E-state index is 0.141. The number of nitrogens with zero attached hydrogens (tertiary/aromatic N) is 3. The minimum Gasteiger partial charge on any atom is -0.337 e. The molecule has 0 bridgehead atoms. The van der Waals surface area contributed by atoms with Crippen molar-refractivity contribution in [1.82, 2.24) is 14.7 Å². The molecular formula is C12H19N3O. The van der Waals surface area contributed by atoms with Gasteiger partial charge in [0, 0.05) is 19.6 Å². The Labute approximate surface area is 96.2 Å². The minimum absolute atomic E-state index is 0.141. The molecule has 1 aromatic heterocycles. The maximum absolute atomic E-state index is 12.3. The summed E-state index contributed by atoms with van der Waals surface area (Å²) in [6.07, 6.45) is 3.51. The molecule has 1 saturated heterocycles. The van der Waals surface area contributed by atoms with Crippen LogP contribution in [-0.4, -0.2) is 33.7 Å². The van der Waals surface area contributed by atoms with Gasteiger partial charge in [-0.25, -0.2) is 0 Å². The maximum atomic E-state index is 12.3. The van der Waals surface area contributed by atoms with E-state index >= 15 is 0 Å². The third-order valence-corrected chi connectivity index (χ3v) is 3.06. The number of aryl methyl sites for hydroxylation is 2. The van der Waals surface area contributed by atoms with Crippen LogP contribution in [0.25, 0.3) is 0 Å². The molecule has 0 saturated carbocycles. The van der Waals surface area contributed by atoms with E-state index in [0.717, 1.165) is 43.9 Å². The van der Waals surface area contributed by atoms with Crippen molar-refractivity contribution in [2.45, 2.75) is 39.7 Å². The molecule has 4 heteroatoms. The van der Waals surface area contributed by atoms with Gasteiger partial charge in [0.05, 0.1) is 5.69 Å². The van der Waals surface area contributed by atoms with Crippen molar-refractivity contribution in [2.24, 2.45) is 0 Å². The summed E-state index contributed by atoms with van der Waals surface area (Å²) in [6, 6.07) is 1.89. The Morgan fingerprint density at radius 1 is 1.38 bits per heavy atom. The second-order valence-corrected chi connectivity index (χ2v) is 4.34. The highest BCUT2D eigenvalue weighted by molar-refractivity contribution is 5.92. The number of rotatable bonds is 2. The molecule has 1 aliphatic heterocycles. The van der Waals surface area contributed by atoms with E-state index in [1.807, 2.05) is 24.8 Å². The number of amides is 1. The van der Waals surface area contributed by atoms with Gasteiger partial charge in [-0.05, 0) is 39.2 Å². The van der Waals surface area contributed by atoms with E-state index in [4.69, 9.17) is 0 Å². The Bertz CT molecular complexity index is 378. The molecule has 1 aliphatic rings. The number of carbonyl (C=O) groups is 1. The topological polar surface area (TPSA) is 38.1 Å². The molecule has 0 spiro atoms. The number of carbonyl (C=O) groups excluding carboxylic acids is 1. The highest BCUT2D eigenvalue weighted by Gasteiger charge is 2.21. The lowest BCUT2D eigenvalue weighted by Crippen LogP contribution is -2.36. The second-order valence-electron chi connectivity index (χ2n) is 4.34. The van der Waals surface area contributed by atoms with E-state index < -0.39 is 0 Å². The summed E-state index contributed by atoms with van der Waals surface area (Å²) in [5, 5.41) is 4.31. The number of piperidine rings is 1. The zero-order valence-electron chi connectivity index (χ0n) is 10.1. The Morgan fingerprint density at radius 2 is 2.06 bits per heavy atom. The van der Waals surface area contributed by atoms with Crippen LogP contribution in [-0.2, 0) is 6.54 Å². The molecule has 1 fully saturated rings. The monoisotopic (exact) mass is 221 g/mol. The molecule has 0 aliphatic carbocycles. The van der Waals surface area contributed by atoms with Crippen LogP contribution in [0.2, 0.25) is 0 Å². The molecule has 4 nitrogen and oxygen atoms in total. The quantitative estimate of drug-likeness (QED) is 0.764. The normalized spacial score (nSPS) is 16.5. The maximum Gasteiger partial charge on any atom is 0.272 e. The predicted octanol–water partition coefficient (Wildman–Crippen LogP) is 1.84. The Hall–Kier alpha value is -1.32. The van der Waals surface area contributed by atoms with E-state index in [1.54, 1.807) is 4.68 Å². The summed E-state index contributed by atoms with van der Waals surface area (Å²) >= 11 is 0. The summed E-state index contributed by atoms with van der Waals surface area (Å²) < 4.78 is 1.80. The fourth-order valence-corrected chi connectivity index (χ4v) is 2.22. The highest BCUT2D eigenvalue weighted by atomic mass is 16.2. The molecule has 2 heterocycles. The van der Waals surface area contributed by atoms with Gasteiger partial charge in [0.1, 0.15) is 5.69 Å². The molecule has 16 heavy (non-hydrogen) atoms. The zero-order chi connectivity index (χ0) is 11.5. The second kappa shape index (κ2) is 4.68. The van der Waals surface area contributed by atoms with Crippen LogP contribution in [0.4, 0.5) is 0 Å². The van der Waals surface area contributed by atoms with Crippen molar-refractivity contribution in [1.29, 1.82) is 0 Å². The molecule has 0 atom stereocenters. The van der Waals surface area contributed by atoms with Crippen molar-refractivity contribution in [3.63, 3.8) is 0 Å². The lowest BCUT2D eigenvalue weighted by molar-refractivity contribution is 0.0712. The van der Waals surface area contributed by atoms with Crippen molar-refractivity contribution in [3.8, 4) is 0 Å². The molecule has 0 unspecified atom stereocenters. The van der Waals surface area contributed by atoms with Gasteiger partial charge in [-0.2, -0.15) is 5.10 Å². The van der Waals surface area contributed by atoms with Gasteiger partial charge >= 0.3 is 0 Å². The van der Waals surface area contributed by atoms with Gasteiger partial charge in [0.25, 0.3) is 5.91 Å². The molecule has 2 rings (SSSR count). The van der Waals surface area contributed by atoms with Crippen LogP contribution < -0.4 is 0 Å². The third-order valence-electron chi connectivity index (χ3n) is 3.06. The van der Waals surface area contributed by atoms with Crippen molar-refractivity contribution in [2.75, 3.05) is 13.1 Å². The van der Waals surface area contributed by atoms with Gasteiger partial charge in [0.15, 0.2) is 0 Å². The molecule has 0 radical (unpaired) electrons. The number of hydrogen-bond acceptors (Lipinski definition) is 2. The summed E-state index contributed by atoms with van der Waals surface area (Å²) in [6.45, 7) is 6.49. The summed E-state index contributed by atoms with van der Waals surface area (Å²) in [7, 11) is 0. The van der Waals surface area contributed by atoms with Crippen LogP contribution in [0.15, 0.2) is 6.07 Å². The fraction of sp³-hybridized carbons (Fsp3) is 0.667. The van der Waals surface area contributed by atoms with E-state index in [2.05, 4.69) is 5.10 Å². The van der Waals surface area contributed by atoms with Crippen LogP contribution in [0.3, 0.4) is 0 Å². The number of likely N-dealkylation sites (tertiary alicyclic amines) is 1. The van der Waals surface area contributed by atoms with Crippen molar-refractivity contribution < 1.29 is 4.79 Å². The number of aromatic nitrogens is 2. The van der Waals surface area contributed by atoms with Crippen LogP contribution >= 0.6 is 0 Å². The third kappa shape index (κ3) is 2.10. The molecular weight excluding hydrogens is 202 g/mol. The van der Waals surface area contributed by atoms with Gasteiger partial charge < -0.3 is 4.90 Å². The molecule has 0 aromatic carbocycles. The van der Waals surface area contributed by atoms with E-state index in [1.165, 1.54) is 6.42 Å². The first-order valence-electron chi connectivity index (χ1n) is 6.06. The average molecular weight is 221 g/mol. The first-order chi connectivity index (χ1) is 7.72. The fourth-order valence-electron chi connectivity index (χ4n) is 2.22. The van der Waals surface area contributed by atoms with Crippen LogP contribution in [0.1, 0.15) is 42.4 Å². The van der Waals surface area contributed by atoms with Crippen molar-refractivity contribution in [3.05, 3.63) is 17.5 Å². The Balaban J connectivity index is 2.18.